The molecule has 1 N–H and O–H groups in total. The first-order valence-corrected chi connectivity index (χ1v) is 9.72. The number of nitrogens with zero attached hydrogens (tertiary/aromatic N) is 2. The van der Waals surface area contributed by atoms with Gasteiger partial charge in [0.2, 0.25) is 10.0 Å². The Balaban J connectivity index is 2.08. The standard InChI is InChI=1S/C17H20ClN3O2S2/c1-20(2)25(22,23)16-6-4-5-15(11-16)19-17(24)21(3)12-13-7-9-14(18)10-8-13/h4-11H,12H2,1-3H3,(H,19,24). The molecule has 0 radical (unpaired) electrons. The Hall–Kier alpha value is -1.67. The van der Waals surface area contributed by atoms with Gasteiger partial charge in [-0.2, -0.15) is 0 Å². The molecule has 0 unspecified atom stereocenters. The van der Waals surface area contributed by atoms with Crippen LogP contribution in [-0.2, 0) is 16.6 Å². The van der Waals surface area contributed by atoms with Crippen molar-refractivity contribution in [3.05, 3.63) is 59.1 Å². The Morgan fingerprint density at radius 3 is 2.36 bits per heavy atom. The number of sulfonamides is 1. The van der Waals surface area contributed by atoms with Gasteiger partial charge in [0.25, 0.3) is 0 Å². The van der Waals surface area contributed by atoms with Gasteiger partial charge in [-0.05, 0) is 48.1 Å². The van der Waals surface area contributed by atoms with Gasteiger partial charge in [0.05, 0.1) is 4.90 Å². The van der Waals surface area contributed by atoms with E-state index < -0.39 is 10.0 Å². The molecular weight excluding hydrogens is 378 g/mol. The molecule has 25 heavy (non-hydrogen) atoms. The normalized spacial score (nSPS) is 11.4. The largest absolute Gasteiger partial charge is 0.348 e. The Morgan fingerprint density at radius 1 is 1.12 bits per heavy atom. The topological polar surface area (TPSA) is 52.7 Å². The van der Waals surface area contributed by atoms with Crippen molar-refractivity contribution in [2.45, 2.75) is 11.4 Å². The van der Waals surface area contributed by atoms with Crippen LogP contribution < -0.4 is 5.32 Å². The molecule has 2 aromatic rings. The van der Waals surface area contributed by atoms with Gasteiger partial charge < -0.3 is 10.2 Å². The Bertz CT molecular complexity index is 852. The lowest BCUT2D eigenvalue weighted by molar-refractivity contribution is 0.508. The summed E-state index contributed by atoms with van der Waals surface area (Å²) >= 11 is 11.3. The molecule has 5 nitrogen and oxygen atoms in total. The van der Waals surface area contributed by atoms with Gasteiger partial charge >= 0.3 is 0 Å². The van der Waals surface area contributed by atoms with Crippen molar-refractivity contribution < 1.29 is 8.42 Å². The van der Waals surface area contributed by atoms with Gasteiger partial charge in [0.1, 0.15) is 0 Å². The molecule has 0 heterocycles. The smallest absolute Gasteiger partial charge is 0.242 e. The van der Waals surface area contributed by atoms with Crippen molar-refractivity contribution in [2.24, 2.45) is 0 Å². The zero-order chi connectivity index (χ0) is 18.6. The summed E-state index contributed by atoms with van der Waals surface area (Å²) in [5.74, 6) is 0. The summed E-state index contributed by atoms with van der Waals surface area (Å²) in [5.41, 5.74) is 1.69. The van der Waals surface area contributed by atoms with E-state index in [-0.39, 0.29) is 4.90 Å². The van der Waals surface area contributed by atoms with Gasteiger partial charge in [-0.1, -0.05) is 29.8 Å². The van der Waals surface area contributed by atoms with E-state index >= 15 is 0 Å². The second-order valence-electron chi connectivity index (χ2n) is 5.73. The molecule has 0 fully saturated rings. The first-order valence-electron chi connectivity index (χ1n) is 7.49. The summed E-state index contributed by atoms with van der Waals surface area (Å²) < 4.78 is 25.6. The van der Waals surface area contributed by atoms with Crippen LogP contribution in [0.3, 0.4) is 0 Å². The lowest BCUT2D eigenvalue weighted by atomic mass is 10.2. The highest BCUT2D eigenvalue weighted by Gasteiger charge is 2.17. The molecule has 2 rings (SSSR count). The van der Waals surface area contributed by atoms with Crippen molar-refractivity contribution in [3.8, 4) is 0 Å². The number of anilines is 1. The highest BCUT2D eigenvalue weighted by atomic mass is 35.5. The molecule has 0 aliphatic carbocycles. The number of hydrogen-bond acceptors (Lipinski definition) is 3. The molecule has 0 aromatic heterocycles. The van der Waals surface area contributed by atoms with Gasteiger partial charge in [-0.3, -0.25) is 0 Å². The third kappa shape index (κ3) is 5.15. The van der Waals surface area contributed by atoms with E-state index in [0.717, 1.165) is 5.56 Å². The summed E-state index contributed by atoms with van der Waals surface area (Å²) in [6, 6.07) is 14.1. The van der Waals surface area contributed by atoms with E-state index in [1.54, 1.807) is 24.3 Å². The number of hydrogen-bond donors (Lipinski definition) is 1. The van der Waals surface area contributed by atoms with Crippen LogP contribution in [0.1, 0.15) is 5.56 Å². The molecule has 0 atom stereocenters. The predicted octanol–water partition coefficient (Wildman–Crippen LogP) is 3.42. The highest BCUT2D eigenvalue weighted by molar-refractivity contribution is 7.89. The monoisotopic (exact) mass is 397 g/mol. The minimum absolute atomic E-state index is 0.214. The SMILES string of the molecule is CN(Cc1ccc(Cl)cc1)C(=S)Nc1cccc(S(=O)(=O)N(C)C)c1. The van der Waals surface area contributed by atoms with Crippen LogP contribution in [0.25, 0.3) is 0 Å². The van der Waals surface area contributed by atoms with Gasteiger partial charge in [-0.25, -0.2) is 12.7 Å². The van der Waals surface area contributed by atoms with E-state index in [2.05, 4.69) is 5.32 Å². The molecule has 0 saturated carbocycles. The fourth-order valence-corrected chi connectivity index (χ4v) is 3.36. The van der Waals surface area contributed by atoms with E-state index in [1.807, 2.05) is 36.2 Å². The van der Waals surface area contributed by atoms with Crippen molar-refractivity contribution in [3.63, 3.8) is 0 Å². The lowest BCUT2D eigenvalue weighted by Gasteiger charge is -2.21. The van der Waals surface area contributed by atoms with E-state index in [0.29, 0.717) is 22.4 Å². The van der Waals surface area contributed by atoms with Crippen LogP contribution in [-0.4, -0.2) is 43.9 Å². The molecule has 2 aromatic carbocycles. The Labute approximate surface area is 159 Å². The second-order valence-corrected chi connectivity index (χ2v) is 8.70. The molecule has 0 bridgehead atoms. The van der Waals surface area contributed by atoms with E-state index in [1.165, 1.54) is 18.4 Å². The number of benzene rings is 2. The maximum absolute atomic E-state index is 12.2. The average Bonchev–Trinajstić information content (AvgIpc) is 2.57. The highest BCUT2D eigenvalue weighted by Crippen LogP contribution is 2.18. The molecule has 0 amide bonds. The van der Waals surface area contributed by atoms with Crippen molar-refractivity contribution in [1.29, 1.82) is 0 Å². The number of rotatable bonds is 5. The van der Waals surface area contributed by atoms with Gasteiger partial charge in [0.15, 0.2) is 5.11 Å². The summed E-state index contributed by atoms with van der Waals surface area (Å²) in [4.78, 5) is 2.08. The third-order valence-corrected chi connectivity index (χ3v) is 6.02. The molecular formula is C17H20ClN3O2S2. The third-order valence-electron chi connectivity index (χ3n) is 3.54. The molecule has 8 heteroatoms. The summed E-state index contributed by atoms with van der Waals surface area (Å²) in [6.07, 6.45) is 0. The van der Waals surface area contributed by atoms with Gasteiger partial charge in [0, 0.05) is 38.4 Å². The number of nitrogens with one attached hydrogen (secondary N) is 1. The van der Waals surface area contributed by atoms with Gasteiger partial charge in [-0.15, -0.1) is 0 Å². The van der Waals surface area contributed by atoms with Crippen LogP contribution in [0.4, 0.5) is 5.69 Å². The minimum atomic E-state index is -3.48. The van der Waals surface area contributed by atoms with Crippen LogP contribution in [0.2, 0.25) is 5.02 Å². The number of thiocarbonyl (C=S) groups is 1. The predicted molar refractivity (Wildman–Crippen MR) is 106 cm³/mol. The summed E-state index contributed by atoms with van der Waals surface area (Å²) in [7, 11) is 1.38. The molecule has 0 saturated heterocycles. The molecule has 134 valence electrons. The number of halogens is 1. The summed E-state index contributed by atoms with van der Waals surface area (Å²) in [5, 5.41) is 4.25. The second kappa shape index (κ2) is 8.14. The average molecular weight is 398 g/mol. The Morgan fingerprint density at radius 2 is 1.76 bits per heavy atom. The fraction of sp³-hybridized carbons (Fsp3) is 0.235. The Kier molecular flexibility index (Phi) is 6.40. The van der Waals surface area contributed by atoms with Crippen molar-refractivity contribution in [2.75, 3.05) is 26.5 Å². The van der Waals surface area contributed by atoms with Crippen molar-refractivity contribution >= 4 is 44.6 Å². The molecule has 0 aliphatic rings. The fourth-order valence-electron chi connectivity index (χ4n) is 2.10. The summed E-state index contributed by atoms with van der Waals surface area (Å²) in [6.45, 7) is 0.610. The molecule has 0 spiro atoms. The maximum Gasteiger partial charge on any atom is 0.242 e. The van der Waals surface area contributed by atoms with E-state index in [4.69, 9.17) is 23.8 Å². The van der Waals surface area contributed by atoms with Crippen LogP contribution in [0.5, 0.6) is 0 Å². The maximum atomic E-state index is 12.2. The van der Waals surface area contributed by atoms with E-state index in [9.17, 15) is 8.42 Å². The van der Waals surface area contributed by atoms with Crippen LogP contribution in [0, 0.1) is 0 Å². The zero-order valence-electron chi connectivity index (χ0n) is 14.2. The van der Waals surface area contributed by atoms with Crippen LogP contribution >= 0.6 is 23.8 Å². The minimum Gasteiger partial charge on any atom is -0.348 e. The first kappa shape index (κ1) is 19.7. The lowest BCUT2D eigenvalue weighted by Crippen LogP contribution is -2.30. The van der Waals surface area contributed by atoms with Crippen molar-refractivity contribution in [1.82, 2.24) is 9.21 Å². The first-order chi connectivity index (χ1) is 11.7. The quantitative estimate of drug-likeness (QED) is 0.783. The molecule has 0 aliphatic heterocycles. The van der Waals surface area contributed by atoms with Crippen LogP contribution in [0.15, 0.2) is 53.4 Å². The zero-order valence-corrected chi connectivity index (χ0v) is 16.6.